The molecule has 0 fully saturated rings. The van der Waals surface area contributed by atoms with Gasteiger partial charge in [-0.3, -0.25) is 4.79 Å². The summed E-state index contributed by atoms with van der Waals surface area (Å²) >= 11 is 5.93. The number of ether oxygens (including phenoxy) is 1. The van der Waals surface area contributed by atoms with E-state index in [9.17, 15) is 4.79 Å². The van der Waals surface area contributed by atoms with Gasteiger partial charge in [-0.2, -0.15) is 5.26 Å². The van der Waals surface area contributed by atoms with Crippen molar-refractivity contribution in [3.05, 3.63) is 28.8 Å². The van der Waals surface area contributed by atoms with Gasteiger partial charge in [-0.25, -0.2) is 0 Å². The Hall–Kier alpha value is -1.73. The molecule has 0 amide bonds. The summed E-state index contributed by atoms with van der Waals surface area (Å²) in [6.45, 7) is 1.38. The van der Waals surface area contributed by atoms with Crippen LogP contribution in [0.5, 0.6) is 5.75 Å². The maximum absolute atomic E-state index is 11.0. The van der Waals surface area contributed by atoms with Gasteiger partial charge >= 0.3 is 5.97 Å². The number of halogens is 1. The first-order valence-corrected chi connectivity index (χ1v) is 5.28. The molecule has 1 atom stereocenters. The van der Waals surface area contributed by atoms with Crippen molar-refractivity contribution in [1.29, 1.82) is 5.26 Å². The number of rotatable bonds is 4. The van der Waals surface area contributed by atoms with E-state index in [2.05, 4.69) is 0 Å². The standard InChI is InChI=1S/C12H12ClNO3/c1-12(7-14,11(15)16)6-8-3-4-10(17-2)9(13)5-8/h3-5H,6H2,1-2H3,(H,15,16). The van der Waals surface area contributed by atoms with Gasteiger partial charge in [0.1, 0.15) is 5.75 Å². The van der Waals surface area contributed by atoms with Crippen LogP contribution in [0.15, 0.2) is 18.2 Å². The largest absolute Gasteiger partial charge is 0.495 e. The molecule has 1 unspecified atom stereocenters. The van der Waals surface area contributed by atoms with Crippen molar-refractivity contribution >= 4 is 17.6 Å². The highest BCUT2D eigenvalue weighted by molar-refractivity contribution is 6.32. The zero-order chi connectivity index (χ0) is 13.1. The first kappa shape index (κ1) is 13.3. The highest BCUT2D eigenvalue weighted by Gasteiger charge is 2.33. The Labute approximate surface area is 104 Å². The number of nitrogens with zero attached hydrogens (tertiary/aromatic N) is 1. The third-order valence-electron chi connectivity index (χ3n) is 2.49. The molecule has 0 saturated carbocycles. The lowest BCUT2D eigenvalue weighted by atomic mass is 9.85. The lowest BCUT2D eigenvalue weighted by Crippen LogP contribution is -2.28. The van der Waals surface area contributed by atoms with Crippen LogP contribution < -0.4 is 4.74 Å². The van der Waals surface area contributed by atoms with Crippen LogP contribution in [0.25, 0.3) is 0 Å². The summed E-state index contributed by atoms with van der Waals surface area (Å²) in [6.07, 6.45) is 0.0997. The number of nitriles is 1. The molecule has 0 heterocycles. The molecule has 0 aromatic heterocycles. The molecule has 1 N–H and O–H groups in total. The number of aliphatic carboxylic acids is 1. The molecule has 1 aromatic carbocycles. The van der Waals surface area contributed by atoms with Gasteiger partial charge in [0.25, 0.3) is 0 Å². The van der Waals surface area contributed by atoms with Gasteiger partial charge in [-0.05, 0) is 24.6 Å². The number of hydrogen-bond donors (Lipinski definition) is 1. The van der Waals surface area contributed by atoms with Crippen molar-refractivity contribution in [2.24, 2.45) is 5.41 Å². The number of benzene rings is 1. The highest BCUT2D eigenvalue weighted by Crippen LogP contribution is 2.29. The minimum absolute atomic E-state index is 0.0997. The van der Waals surface area contributed by atoms with Crippen molar-refractivity contribution in [2.45, 2.75) is 13.3 Å². The van der Waals surface area contributed by atoms with Crippen LogP contribution in [-0.2, 0) is 11.2 Å². The maximum Gasteiger partial charge on any atom is 0.324 e. The molecule has 4 nitrogen and oxygen atoms in total. The van der Waals surface area contributed by atoms with Crippen LogP contribution >= 0.6 is 11.6 Å². The third-order valence-corrected chi connectivity index (χ3v) is 2.79. The second-order valence-corrected chi connectivity index (χ2v) is 4.30. The van der Waals surface area contributed by atoms with Gasteiger partial charge in [0.15, 0.2) is 5.41 Å². The predicted octanol–water partition coefficient (Wildman–Crippen LogP) is 2.51. The molecule has 0 radical (unpaired) electrons. The van der Waals surface area contributed by atoms with Crippen molar-refractivity contribution in [3.8, 4) is 11.8 Å². The van der Waals surface area contributed by atoms with Crippen molar-refractivity contribution in [3.63, 3.8) is 0 Å². The minimum Gasteiger partial charge on any atom is -0.495 e. The smallest absolute Gasteiger partial charge is 0.324 e. The van der Waals surface area contributed by atoms with Gasteiger partial charge in [0.2, 0.25) is 0 Å². The molecule has 5 heteroatoms. The molecule has 0 aliphatic rings. The Balaban J connectivity index is 3.01. The van der Waals surface area contributed by atoms with E-state index in [1.807, 2.05) is 0 Å². The van der Waals surface area contributed by atoms with E-state index in [4.69, 9.17) is 26.7 Å². The third kappa shape index (κ3) is 2.89. The Morgan fingerprint density at radius 1 is 1.65 bits per heavy atom. The monoisotopic (exact) mass is 253 g/mol. The van der Waals surface area contributed by atoms with E-state index >= 15 is 0 Å². The van der Waals surface area contributed by atoms with E-state index in [1.54, 1.807) is 24.3 Å². The molecule has 90 valence electrons. The molecule has 1 rings (SSSR count). The first-order chi connectivity index (χ1) is 7.92. The normalized spacial score (nSPS) is 13.5. The van der Waals surface area contributed by atoms with E-state index in [-0.39, 0.29) is 6.42 Å². The van der Waals surface area contributed by atoms with E-state index in [0.717, 1.165) is 0 Å². The van der Waals surface area contributed by atoms with Crippen LogP contribution in [-0.4, -0.2) is 18.2 Å². The second kappa shape index (κ2) is 5.07. The average Bonchev–Trinajstić information content (AvgIpc) is 2.29. The van der Waals surface area contributed by atoms with Crippen LogP contribution in [0.1, 0.15) is 12.5 Å². The summed E-state index contributed by atoms with van der Waals surface area (Å²) in [4.78, 5) is 11.0. The number of methoxy groups -OCH3 is 1. The van der Waals surface area contributed by atoms with Crippen molar-refractivity contribution in [1.82, 2.24) is 0 Å². The summed E-state index contributed by atoms with van der Waals surface area (Å²) in [6, 6.07) is 6.76. The first-order valence-electron chi connectivity index (χ1n) is 4.90. The number of carboxylic acid groups (broad SMARTS) is 1. The molecule has 0 bridgehead atoms. The number of carbonyl (C=O) groups is 1. The van der Waals surface area contributed by atoms with E-state index in [0.29, 0.717) is 16.3 Å². The fourth-order valence-corrected chi connectivity index (χ4v) is 1.67. The van der Waals surface area contributed by atoms with E-state index < -0.39 is 11.4 Å². The van der Waals surface area contributed by atoms with Gasteiger partial charge in [0.05, 0.1) is 18.2 Å². The van der Waals surface area contributed by atoms with Crippen molar-refractivity contribution < 1.29 is 14.6 Å². The summed E-state index contributed by atoms with van der Waals surface area (Å²) in [7, 11) is 1.50. The molecular weight excluding hydrogens is 242 g/mol. The lowest BCUT2D eigenvalue weighted by molar-refractivity contribution is -0.144. The molecule has 0 spiro atoms. The van der Waals surface area contributed by atoms with Crippen LogP contribution in [0, 0.1) is 16.7 Å². The average molecular weight is 254 g/mol. The molecular formula is C12H12ClNO3. The number of hydrogen-bond acceptors (Lipinski definition) is 3. The summed E-state index contributed by atoms with van der Waals surface area (Å²) in [5, 5.41) is 18.3. The maximum atomic E-state index is 11.0. The topological polar surface area (TPSA) is 70.3 Å². The van der Waals surface area contributed by atoms with E-state index in [1.165, 1.54) is 14.0 Å². The summed E-state index contributed by atoms with van der Waals surface area (Å²) in [5.74, 6) is -0.628. The molecule has 0 aliphatic heterocycles. The predicted molar refractivity (Wildman–Crippen MR) is 63.1 cm³/mol. The van der Waals surface area contributed by atoms with Crippen molar-refractivity contribution in [2.75, 3.05) is 7.11 Å². The molecule has 0 saturated heterocycles. The Morgan fingerprint density at radius 3 is 2.71 bits per heavy atom. The zero-order valence-electron chi connectivity index (χ0n) is 9.53. The second-order valence-electron chi connectivity index (χ2n) is 3.89. The van der Waals surface area contributed by atoms with Crippen LogP contribution in [0.2, 0.25) is 5.02 Å². The van der Waals surface area contributed by atoms with Gasteiger partial charge in [-0.1, -0.05) is 17.7 Å². The Kier molecular flexibility index (Phi) is 3.97. The SMILES string of the molecule is COc1ccc(CC(C)(C#N)C(=O)O)cc1Cl. The van der Waals surface area contributed by atoms with Gasteiger partial charge in [0, 0.05) is 6.42 Å². The Bertz CT molecular complexity index is 481. The molecule has 0 aliphatic carbocycles. The summed E-state index contributed by atoms with van der Waals surface area (Å²) in [5.41, 5.74) is -0.764. The zero-order valence-corrected chi connectivity index (χ0v) is 10.3. The highest BCUT2D eigenvalue weighted by atomic mass is 35.5. The van der Waals surface area contributed by atoms with Gasteiger partial charge in [-0.15, -0.1) is 0 Å². The fraction of sp³-hybridized carbons (Fsp3) is 0.333. The quantitative estimate of drug-likeness (QED) is 0.895. The lowest BCUT2D eigenvalue weighted by Gasteiger charge is -2.16. The van der Waals surface area contributed by atoms with Gasteiger partial charge < -0.3 is 9.84 Å². The van der Waals surface area contributed by atoms with Crippen LogP contribution in [0.4, 0.5) is 0 Å². The minimum atomic E-state index is -1.45. The van der Waals surface area contributed by atoms with Crippen LogP contribution in [0.3, 0.4) is 0 Å². The molecule has 1 aromatic rings. The Morgan fingerprint density at radius 2 is 2.29 bits per heavy atom. The fourth-order valence-electron chi connectivity index (χ4n) is 1.39. The summed E-state index contributed by atoms with van der Waals surface area (Å²) < 4.78 is 4.99. The molecule has 17 heavy (non-hydrogen) atoms. The number of carboxylic acids is 1.